The molecule has 2 atom stereocenters. The number of likely N-dealkylation sites (tertiary alicyclic amines) is 1. The molecule has 3 fully saturated rings. The minimum absolute atomic E-state index is 0.0213. The van der Waals surface area contributed by atoms with Crippen LogP contribution >= 0.6 is 0 Å². The Morgan fingerprint density at radius 3 is 2.68 bits per heavy atom. The Bertz CT molecular complexity index is 643. The summed E-state index contributed by atoms with van der Waals surface area (Å²) in [6.07, 6.45) is 8.36. The maximum atomic E-state index is 13.4. The lowest BCUT2D eigenvalue weighted by molar-refractivity contribution is -0.143. The van der Waals surface area contributed by atoms with Gasteiger partial charge in [0.15, 0.2) is 0 Å². The molecule has 1 aromatic carbocycles. The van der Waals surface area contributed by atoms with E-state index in [-0.39, 0.29) is 5.41 Å². The Balaban J connectivity index is 1.53. The van der Waals surface area contributed by atoms with Gasteiger partial charge in [-0.15, -0.1) is 0 Å². The van der Waals surface area contributed by atoms with E-state index in [4.69, 9.17) is 0 Å². The molecule has 2 saturated carbocycles. The molecule has 1 amide bonds. The van der Waals surface area contributed by atoms with Crippen LogP contribution in [0.25, 0.3) is 0 Å². The minimum Gasteiger partial charge on any atom is -0.335 e. The van der Waals surface area contributed by atoms with Gasteiger partial charge in [-0.05, 0) is 67.4 Å². The van der Waals surface area contributed by atoms with Crippen LogP contribution in [0.5, 0.6) is 0 Å². The first kappa shape index (κ1) is 13.2. The molecule has 22 heavy (non-hydrogen) atoms. The van der Waals surface area contributed by atoms with Crippen molar-refractivity contribution in [3.05, 3.63) is 35.4 Å². The van der Waals surface area contributed by atoms with Crippen LogP contribution in [-0.2, 0) is 11.2 Å². The first-order chi connectivity index (χ1) is 10.6. The van der Waals surface area contributed by atoms with Crippen LogP contribution in [0.4, 0.5) is 0 Å². The Hall–Kier alpha value is -1.31. The van der Waals surface area contributed by atoms with Crippen molar-refractivity contribution in [1.82, 2.24) is 4.90 Å². The van der Waals surface area contributed by atoms with Crippen molar-refractivity contribution in [3.63, 3.8) is 0 Å². The smallest absolute Gasteiger partial charge is 0.229 e. The van der Waals surface area contributed by atoms with Crippen molar-refractivity contribution in [1.29, 1.82) is 0 Å². The van der Waals surface area contributed by atoms with Crippen molar-refractivity contribution in [2.45, 2.75) is 57.9 Å². The lowest BCUT2D eigenvalue weighted by atomic mass is 9.74. The predicted octanol–water partition coefficient (Wildman–Crippen LogP) is 4.10. The molecule has 5 rings (SSSR count). The Morgan fingerprint density at radius 2 is 1.95 bits per heavy atom. The minimum atomic E-state index is 0.0213. The number of benzene rings is 1. The van der Waals surface area contributed by atoms with E-state index in [2.05, 4.69) is 36.1 Å². The zero-order valence-electron chi connectivity index (χ0n) is 13.5. The van der Waals surface area contributed by atoms with Crippen LogP contribution in [0.1, 0.15) is 62.6 Å². The third-order valence-electron chi connectivity index (χ3n) is 7.10. The maximum Gasteiger partial charge on any atom is 0.229 e. The molecule has 4 bridgehead atoms. The van der Waals surface area contributed by atoms with Crippen molar-refractivity contribution in [2.75, 3.05) is 6.54 Å². The second-order valence-corrected chi connectivity index (χ2v) is 8.77. The average Bonchev–Trinajstić information content (AvgIpc) is 3.19. The Morgan fingerprint density at radius 1 is 1.18 bits per heavy atom. The summed E-state index contributed by atoms with van der Waals surface area (Å²) in [7, 11) is 0. The van der Waals surface area contributed by atoms with Crippen LogP contribution < -0.4 is 0 Å². The summed E-state index contributed by atoms with van der Waals surface area (Å²) in [6.45, 7) is 3.35. The summed E-state index contributed by atoms with van der Waals surface area (Å²) in [4.78, 5) is 15.7. The van der Waals surface area contributed by atoms with E-state index in [0.717, 1.165) is 38.1 Å². The van der Waals surface area contributed by atoms with Gasteiger partial charge in [0.05, 0.1) is 6.04 Å². The summed E-state index contributed by atoms with van der Waals surface area (Å²) >= 11 is 0. The summed E-state index contributed by atoms with van der Waals surface area (Å²) in [5.74, 6) is 1.34. The fourth-order valence-electron chi connectivity index (χ4n) is 6.06. The SMILES string of the molecule is C[C@]12Cc3ccccc3[C@H](C1)N(C(=O)C13CCC(CC1)C3)C2. The van der Waals surface area contributed by atoms with E-state index in [1.54, 1.807) is 0 Å². The van der Waals surface area contributed by atoms with Gasteiger partial charge in [0.1, 0.15) is 0 Å². The fraction of sp³-hybridized carbons (Fsp3) is 0.650. The lowest BCUT2D eigenvalue weighted by Gasteiger charge is -2.34. The summed E-state index contributed by atoms with van der Waals surface area (Å²) in [5, 5.41) is 0. The van der Waals surface area contributed by atoms with Crippen LogP contribution in [0.15, 0.2) is 24.3 Å². The van der Waals surface area contributed by atoms with E-state index in [9.17, 15) is 4.79 Å². The third kappa shape index (κ3) is 1.64. The molecule has 1 saturated heterocycles. The zero-order valence-corrected chi connectivity index (χ0v) is 13.5. The molecule has 1 heterocycles. The highest BCUT2D eigenvalue weighted by Gasteiger charge is 2.56. The van der Waals surface area contributed by atoms with Crippen LogP contribution in [0.2, 0.25) is 0 Å². The lowest BCUT2D eigenvalue weighted by Crippen LogP contribution is -2.42. The van der Waals surface area contributed by atoms with Gasteiger partial charge in [-0.3, -0.25) is 4.79 Å². The van der Waals surface area contributed by atoms with Gasteiger partial charge in [0.25, 0.3) is 0 Å². The van der Waals surface area contributed by atoms with E-state index in [0.29, 0.717) is 17.4 Å². The molecule has 0 unspecified atom stereocenters. The molecule has 4 aliphatic rings. The number of hydrogen-bond acceptors (Lipinski definition) is 1. The number of carbonyl (C=O) groups excluding carboxylic acids is 1. The fourth-order valence-corrected chi connectivity index (χ4v) is 6.06. The summed E-state index contributed by atoms with van der Waals surface area (Å²) in [6, 6.07) is 9.16. The quantitative estimate of drug-likeness (QED) is 0.763. The number of fused-ring (bicyclic) bond motifs is 6. The molecule has 0 aromatic heterocycles. The van der Waals surface area contributed by atoms with Gasteiger partial charge in [-0.2, -0.15) is 0 Å². The highest BCUT2D eigenvalue weighted by Crippen LogP contribution is 2.58. The highest BCUT2D eigenvalue weighted by atomic mass is 16.2. The Kier molecular flexibility index (Phi) is 2.48. The molecule has 3 aliphatic carbocycles. The van der Waals surface area contributed by atoms with Crippen molar-refractivity contribution >= 4 is 5.91 Å². The molecular weight excluding hydrogens is 270 g/mol. The molecule has 1 aliphatic heterocycles. The van der Waals surface area contributed by atoms with Crippen LogP contribution in [0, 0.1) is 16.7 Å². The van der Waals surface area contributed by atoms with E-state index >= 15 is 0 Å². The maximum absolute atomic E-state index is 13.4. The van der Waals surface area contributed by atoms with Crippen molar-refractivity contribution in [2.24, 2.45) is 16.7 Å². The Labute approximate surface area is 132 Å². The molecule has 0 N–H and O–H groups in total. The second-order valence-electron chi connectivity index (χ2n) is 8.77. The second kappa shape index (κ2) is 4.15. The molecule has 0 radical (unpaired) electrons. The van der Waals surface area contributed by atoms with E-state index in [1.165, 1.54) is 30.4 Å². The number of carbonyl (C=O) groups is 1. The molecule has 2 heteroatoms. The number of nitrogens with zero attached hydrogens (tertiary/aromatic N) is 1. The summed E-state index contributed by atoms with van der Waals surface area (Å²) < 4.78 is 0. The third-order valence-corrected chi connectivity index (χ3v) is 7.10. The van der Waals surface area contributed by atoms with Crippen LogP contribution in [0.3, 0.4) is 0 Å². The monoisotopic (exact) mass is 295 g/mol. The number of amides is 1. The van der Waals surface area contributed by atoms with E-state index in [1.807, 2.05) is 0 Å². The molecule has 116 valence electrons. The number of hydrogen-bond donors (Lipinski definition) is 0. The normalized spacial score (nSPS) is 41.8. The van der Waals surface area contributed by atoms with Crippen molar-refractivity contribution in [3.8, 4) is 0 Å². The topological polar surface area (TPSA) is 20.3 Å². The highest BCUT2D eigenvalue weighted by molar-refractivity contribution is 5.84. The molecule has 2 nitrogen and oxygen atoms in total. The van der Waals surface area contributed by atoms with Gasteiger partial charge in [0, 0.05) is 12.0 Å². The van der Waals surface area contributed by atoms with Gasteiger partial charge >= 0.3 is 0 Å². The zero-order chi connectivity index (χ0) is 14.9. The molecule has 0 spiro atoms. The van der Waals surface area contributed by atoms with Gasteiger partial charge in [0.2, 0.25) is 5.91 Å². The first-order valence-corrected chi connectivity index (χ1v) is 8.98. The number of rotatable bonds is 1. The largest absolute Gasteiger partial charge is 0.335 e. The van der Waals surface area contributed by atoms with Gasteiger partial charge in [-0.25, -0.2) is 0 Å². The summed E-state index contributed by atoms with van der Waals surface area (Å²) in [5.41, 5.74) is 3.22. The first-order valence-electron chi connectivity index (χ1n) is 8.98. The average molecular weight is 295 g/mol. The predicted molar refractivity (Wildman–Crippen MR) is 86.3 cm³/mol. The molecular formula is C20H25NO. The van der Waals surface area contributed by atoms with E-state index < -0.39 is 0 Å². The molecule has 1 aromatic rings. The standard InChI is InChI=1S/C20H25NO/c1-19-11-15-4-2-3-5-16(15)17(12-19)21(13-19)18(22)20-8-6-14(10-20)7-9-20/h2-5,14,17H,6-13H2,1H3/t14?,17-,19-,20?/m0/s1. The van der Waals surface area contributed by atoms with Crippen molar-refractivity contribution < 1.29 is 4.79 Å². The van der Waals surface area contributed by atoms with Gasteiger partial charge in [-0.1, -0.05) is 31.2 Å². The van der Waals surface area contributed by atoms with Crippen LogP contribution in [-0.4, -0.2) is 17.4 Å². The van der Waals surface area contributed by atoms with Gasteiger partial charge < -0.3 is 4.90 Å².